The van der Waals surface area contributed by atoms with Crippen LogP contribution in [-0.2, 0) is 9.59 Å². The maximum Gasteiger partial charge on any atom is 0.156 e. The van der Waals surface area contributed by atoms with Crippen molar-refractivity contribution in [3.05, 3.63) is 47.3 Å². The first-order valence-corrected chi connectivity index (χ1v) is 7.43. The lowest BCUT2D eigenvalue weighted by atomic mass is 9.59. The van der Waals surface area contributed by atoms with E-state index in [1.165, 1.54) is 24.3 Å². The minimum atomic E-state index is -1.27. The lowest BCUT2D eigenvalue weighted by molar-refractivity contribution is -0.156. The molecule has 0 heterocycles. The van der Waals surface area contributed by atoms with Crippen molar-refractivity contribution in [1.82, 2.24) is 0 Å². The van der Waals surface area contributed by atoms with E-state index in [2.05, 4.69) is 0 Å². The van der Waals surface area contributed by atoms with E-state index in [1.807, 2.05) is 0 Å². The standard InChI is InChI=1S/C16H18N2O6/c17-5-1-7(19)11(8(20)2-5)13-15(23)14(16(13)24)12-9(21)3-6(18)4-10(12)22/h1-6,11-14,19-22H,17-18H2. The summed E-state index contributed by atoms with van der Waals surface area (Å²) in [5.41, 5.74) is 11.1. The number of ketones is 2. The zero-order chi connectivity index (χ0) is 17.8. The van der Waals surface area contributed by atoms with Crippen molar-refractivity contribution >= 4 is 11.6 Å². The van der Waals surface area contributed by atoms with Crippen LogP contribution in [0.3, 0.4) is 0 Å². The van der Waals surface area contributed by atoms with Crippen LogP contribution in [0.2, 0.25) is 0 Å². The number of aliphatic hydroxyl groups excluding tert-OH is 4. The van der Waals surface area contributed by atoms with E-state index in [0.717, 1.165) is 0 Å². The molecule has 0 saturated heterocycles. The Morgan fingerprint density at radius 1 is 0.583 bits per heavy atom. The van der Waals surface area contributed by atoms with Crippen molar-refractivity contribution in [3.63, 3.8) is 0 Å². The Hall–Kier alpha value is -2.58. The number of nitrogens with two attached hydrogens (primary N) is 2. The van der Waals surface area contributed by atoms with Gasteiger partial charge in [-0.05, 0) is 24.3 Å². The van der Waals surface area contributed by atoms with Crippen molar-refractivity contribution < 1.29 is 30.0 Å². The summed E-state index contributed by atoms with van der Waals surface area (Å²) >= 11 is 0. The molecule has 0 radical (unpaired) electrons. The van der Waals surface area contributed by atoms with Gasteiger partial charge in [-0.3, -0.25) is 9.59 Å². The predicted molar refractivity (Wildman–Crippen MR) is 82.8 cm³/mol. The van der Waals surface area contributed by atoms with Crippen molar-refractivity contribution in [2.75, 3.05) is 0 Å². The number of carbonyl (C=O) groups is 2. The zero-order valence-corrected chi connectivity index (χ0v) is 12.5. The van der Waals surface area contributed by atoms with E-state index in [4.69, 9.17) is 11.5 Å². The Morgan fingerprint density at radius 3 is 1.08 bits per heavy atom. The van der Waals surface area contributed by atoms with Gasteiger partial charge in [0, 0.05) is 12.1 Å². The van der Waals surface area contributed by atoms with Gasteiger partial charge in [-0.2, -0.15) is 0 Å². The molecule has 1 fully saturated rings. The van der Waals surface area contributed by atoms with E-state index in [1.54, 1.807) is 0 Å². The minimum absolute atomic E-state index is 0.349. The van der Waals surface area contributed by atoms with Crippen LogP contribution in [-0.4, -0.2) is 44.1 Å². The largest absolute Gasteiger partial charge is 0.512 e. The highest BCUT2D eigenvalue weighted by Gasteiger charge is 2.59. The van der Waals surface area contributed by atoms with Gasteiger partial charge in [-0.25, -0.2) is 0 Å². The molecule has 3 rings (SSSR count). The highest BCUT2D eigenvalue weighted by molar-refractivity contribution is 6.24. The monoisotopic (exact) mass is 334 g/mol. The normalized spacial score (nSPS) is 39.4. The average molecular weight is 334 g/mol. The number of rotatable bonds is 2. The maximum absolute atomic E-state index is 12.5. The Morgan fingerprint density at radius 2 is 0.833 bits per heavy atom. The molecular weight excluding hydrogens is 316 g/mol. The third-order valence-corrected chi connectivity index (χ3v) is 4.62. The molecule has 1 saturated carbocycles. The van der Waals surface area contributed by atoms with Crippen LogP contribution < -0.4 is 11.5 Å². The number of carbonyl (C=O) groups excluding carboxylic acids is 2. The van der Waals surface area contributed by atoms with Crippen molar-refractivity contribution in [2.24, 2.45) is 35.1 Å². The van der Waals surface area contributed by atoms with E-state index in [0.29, 0.717) is 0 Å². The molecule has 8 nitrogen and oxygen atoms in total. The van der Waals surface area contributed by atoms with Crippen molar-refractivity contribution in [3.8, 4) is 0 Å². The van der Waals surface area contributed by atoms with E-state index in [-0.39, 0.29) is 23.0 Å². The van der Waals surface area contributed by atoms with Gasteiger partial charge in [0.05, 0.1) is 23.7 Å². The average Bonchev–Trinajstić information content (AvgIpc) is 2.46. The minimum Gasteiger partial charge on any atom is -0.512 e. The molecule has 128 valence electrons. The molecule has 0 aromatic heterocycles. The summed E-state index contributed by atoms with van der Waals surface area (Å²) in [6.45, 7) is 0. The lowest BCUT2D eigenvalue weighted by Crippen LogP contribution is -2.57. The molecule has 3 aliphatic rings. The molecule has 0 atom stereocenters. The van der Waals surface area contributed by atoms with Gasteiger partial charge in [-0.1, -0.05) is 0 Å². The molecule has 0 amide bonds. The summed E-state index contributed by atoms with van der Waals surface area (Å²) in [6, 6.07) is -1.41. The van der Waals surface area contributed by atoms with E-state index >= 15 is 0 Å². The van der Waals surface area contributed by atoms with E-state index < -0.39 is 47.3 Å². The fraction of sp³-hybridized carbons (Fsp3) is 0.375. The first-order chi connectivity index (χ1) is 11.2. The van der Waals surface area contributed by atoms with Crippen molar-refractivity contribution in [1.29, 1.82) is 0 Å². The summed E-state index contributed by atoms with van der Waals surface area (Å²) in [5, 5.41) is 39.8. The molecule has 8 N–H and O–H groups in total. The van der Waals surface area contributed by atoms with Crippen LogP contribution in [0.4, 0.5) is 0 Å². The molecule has 0 aromatic carbocycles. The zero-order valence-electron chi connectivity index (χ0n) is 12.5. The molecule has 24 heavy (non-hydrogen) atoms. The van der Waals surface area contributed by atoms with Crippen LogP contribution >= 0.6 is 0 Å². The summed E-state index contributed by atoms with van der Waals surface area (Å²) in [4.78, 5) is 25.0. The smallest absolute Gasteiger partial charge is 0.156 e. The molecule has 0 unspecified atom stereocenters. The number of hydrogen-bond donors (Lipinski definition) is 6. The Kier molecular flexibility index (Phi) is 3.73. The van der Waals surface area contributed by atoms with Crippen LogP contribution in [0.5, 0.6) is 0 Å². The van der Waals surface area contributed by atoms with Crippen LogP contribution in [0.1, 0.15) is 0 Å². The van der Waals surface area contributed by atoms with Gasteiger partial charge in [0.25, 0.3) is 0 Å². The second-order valence-electron chi connectivity index (χ2n) is 6.24. The van der Waals surface area contributed by atoms with Crippen LogP contribution in [0.15, 0.2) is 47.3 Å². The quantitative estimate of drug-likeness (QED) is 0.385. The second kappa shape index (κ2) is 5.50. The van der Waals surface area contributed by atoms with Gasteiger partial charge in [0.1, 0.15) is 23.0 Å². The molecule has 0 aliphatic heterocycles. The molecule has 3 aliphatic carbocycles. The van der Waals surface area contributed by atoms with Gasteiger partial charge >= 0.3 is 0 Å². The summed E-state index contributed by atoms with van der Waals surface area (Å²) in [6.07, 6.45) is 4.97. The number of hydrogen-bond acceptors (Lipinski definition) is 8. The highest BCUT2D eigenvalue weighted by Crippen LogP contribution is 2.45. The Labute approximate surface area is 137 Å². The third-order valence-electron chi connectivity index (χ3n) is 4.62. The molecule has 0 bridgehead atoms. The number of aliphatic hydroxyl groups is 4. The Bertz CT molecular complexity index is 621. The molecular formula is C16H18N2O6. The molecule has 8 heteroatoms. The first kappa shape index (κ1) is 16.3. The maximum atomic E-state index is 12.5. The predicted octanol–water partition coefficient (Wildman–Crippen LogP) is 0.0524. The van der Waals surface area contributed by atoms with Gasteiger partial charge < -0.3 is 31.9 Å². The van der Waals surface area contributed by atoms with Gasteiger partial charge in [0.15, 0.2) is 11.6 Å². The van der Waals surface area contributed by atoms with Gasteiger partial charge in [0.2, 0.25) is 0 Å². The summed E-state index contributed by atoms with van der Waals surface area (Å²) < 4.78 is 0. The molecule has 0 spiro atoms. The summed E-state index contributed by atoms with van der Waals surface area (Å²) in [5.74, 6) is -7.46. The topological polar surface area (TPSA) is 167 Å². The second-order valence-corrected chi connectivity index (χ2v) is 6.24. The Balaban J connectivity index is 1.86. The van der Waals surface area contributed by atoms with Gasteiger partial charge in [-0.15, -0.1) is 0 Å². The van der Waals surface area contributed by atoms with Crippen molar-refractivity contribution in [2.45, 2.75) is 12.1 Å². The summed E-state index contributed by atoms with van der Waals surface area (Å²) in [7, 11) is 0. The fourth-order valence-corrected chi connectivity index (χ4v) is 3.51. The van der Waals surface area contributed by atoms with E-state index in [9.17, 15) is 30.0 Å². The van der Waals surface area contributed by atoms with Crippen LogP contribution in [0.25, 0.3) is 0 Å². The fourth-order valence-electron chi connectivity index (χ4n) is 3.51. The van der Waals surface area contributed by atoms with Crippen LogP contribution in [0, 0.1) is 23.7 Å². The third kappa shape index (κ3) is 2.31. The molecule has 0 aromatic rings. The number of Topliss-reactive ketones (excluding diaryl/α,β-unsaturated/α-hetero) is 2. The lowest BCUT2D eigenvalue weighted by Gasteiger charge is -2.41. The SMILES string of the molecule is NC1C=C(O)C(C2C(=O)C(C3C(O)=CC(N)C=C3O)C2=O)C(O)=C1. The highest BCUT2D eigenvalue weighted by atomic mass is 16.3. The first-order valence-electron chi connectivity index (χ1n) is 7.43.